The van der Waals surface area contributed by atoms with Crippen molar-refractivity contribution >= 4 is 11.9 Å². The molecular formula is C29H42O11. The van der Waals surface area contributed by atoms with Gasteiger partial charge in [0, 0.05) is 0 Å². The van der Waals surface area contributed by atoms with Crippen LogP contribution in [-0.4, -0.2) is 92.1 Å². The predicted molar refractivity (Wildman–Crippen MR) is 141 cm³/mol. The molecule has 6 N–H and O–H groups in total. The highest BCUT2D eigenvalue weighted by atomic mass is 16.7. The van der Waals surface area contributed by atoms with Gasteiger partial charge in [0.2, 0.25) is 0 Å². The topological polar surface area (TPSA) is 183 Å². The molecule has 0 radical (unpaired) electrons. The summed E-state index contributed by atoms with van der Waals surface area (Å²) in [6.45, 7) is 1.67. The second-order valence-electron chi connectivity index (χ2n) is 11.4. The Balaban J connectivity index is 1.43. The van der Waals surface area contributed by atoms with Crippen LogP contribution in [0.2, 0.25) is 0 Å². The van der Waals surface area contributed by atoms with Crippen LogP contribution in [0.4, 0.5) is 0 Å². The van der Waals surface area contributed by atoms with E-state index in [1.54, 1.807) is 6.07 Å². The quantitative estimate of drug-likeness (QED) is 0.190. The van der Waals surface area contributed by atoms with E-state index in [1.807, 2.05) is 12.1 Å². The van der Waals surface area contributed by atoms with Crippen molar-refractivity contribution in [2.45, 2.75) is 108 Å². The zero-order valence-corrected chi connectivity index (χ0v) is 22.8. The molecule has 0 bridgehead atoms. The summed E-state index contributed by atoms with van der Waals surface area (Å²) in [6, 6.07) is 5.67. The summed E-state index contributed by atoms with van der Waals surface area (Å²) in [6.07, 6.45) is -2.39. The molecule has 1 aromatic rings. The Kier molecular flexibility index (Phi) is 10.4. The number of ether oxygens (including phenoxy) is 3. The average molecular weight is 567 g/mol. The zero-order chi connectivity index (χ0) is 29.0. The molecule has 1 aromatic carbocycles. The van der Waals surface area contributed by atoms with E-state index in [2.05, 4.69) is 6.92 Å². The van der Waals surface area contributed by atoms with Gasteiger partial charge in [-0.1, -0.05) is 38.3 Å². The summed E-state index contributed by atoms with van der Waals surface area (Å²) in [5.41, 5.74) is 2.11. The lowest BCUT2D eigenvalue weighted by molar-refractivity contribution is -0.305. The van der Waals surface area contributed by atoms with Crippen LogP contribution < -0.4 is 4.74 Å². The molecule has 1 heterocycles. The molecule has 224 valence electrons. The molecule has 2 aliphatic carbocycles. The highest BCUT2D eigenvalue weighted by Gasteiger charge is 2.49. The molecule has 1 saturated heterocycles. The fraction of sp³-hybridized carbons (Fsp3) is 0.724. The summed E-state index contributed by atoms with van der Waals surface area (Å²) in [4.78, 5) is 22.5. The van der Waals surface area contributed by atoms with Crippen molar-refractivity contribution in [2.75, 3.05) is 6.61 Å². The van der Waals surface area contributed by atoms with Crippen molar-refractivity contribution in [3.8, 4) is 5.75 Å². The molecule has 11 heteroatoms. The first-order valence-corrected chi connectivity index (χ1v) is 14.3. The van der Waals surface area contributed by atoms with Gasteiger partial charge in [-0.3, -0.25) is 0 Å². The fourth-order valence-electron chi connectivity index (χ4n) is 6.71. The number of carboxylic acids is 2. The van der Waals surface area contributed by atoms with Gasteiger partial charge >= 0.3 is 11.9 Å². The van der Waals surface area contributed by atoms with Gasteiger partial charge in [0.1, 0.15) is 24.1 Å². The van der Waals surface area contributed by atoms with Gasteiger partial charge < -0.3 is 44.8 Å². The molecule has 0 amide bonds. The maximum absolute atomic E-state index is 11.5. The molecule has 2 fully saturated rings. The molecule has 40 heavy (non-hydrogen) atoms. The molecule has 1 saturated carbocycles. The van der Waals surface area contributed by atoms with E-state index >= 15 is 0 Å². The number of aliphatic hydroxyl groups excluding tert-OH is 4. The molecule has 0 unspecified atom stereocenters. The van der Waals surface area contributed by atoms with E-state index in [1.165, 1.54) is 0 Å². The third-order valence-corrected chi connectivity index (χ3v) is 8.79. The van der Waals surface area contributed by atoms with Crippen molar-refractivity contribution in [1.29, 1.82) is 0 Å². The van der Waals surface area contributed by atoms with Crippen LogP contribution in [0.5, 0.6) is 5.75 Å². The van der Waals surface area contributed by atoms with E-state index in [9.17, 15) is 35.1 Å². The van der Waals surface area contributed by atoms with Crippen LogP contribution >= 0.6 is 0 Å². The van der Waals surface area contributed by atoms with E-state index in [0.29, 0.717) is 37.9 Å². The zero-order valence-electron chi connectivity index (χ0n) is 22.8. The number of carboxylic acid groups (broad SMARTS) is 2. The largest absolute Gasteiger partial charge is 0.482 e. The summed E-state index contributed by atoms with van der Waals surface area (Å²) < 4.78 is 16.9. The van der Waals surface area contributed by atoms with E-state index in [0.717, 1.165) is 36.8 Å². The number of carbonyl (C=O) groups is 2. The van der Waals surface area contributed by atoms with Crippen molar-refractivity contribution in [3.05, 3.63) is 29.3 Å². The first-order valence-electron chi connectivity index (χ1n) is 14.3. The van der Waals surface area contributed by atoms with Crippen LogP contribution in [0.1, 0.15) is 63.0 Å². The van der Waals surface area contributed by atoms with Gasteiger partial charge in [-0.2, -0.15) is 0 Å². The monoisotopic (exact) mass is 566 g/mol. The van der Waals surface area contributed by atoms with Crippen molar-refractivity contribution in [1.82, 2.24) is 0 Å². The summed E-state index contributed by atoms with van der Waals surface area (Å²) in [5.74, 6) is -1.43. The van der Waals surface area contributed by atoms with Crippen LogP contribution in [-0.2, 0) is 31.9 Å². The summed E-state index contributed by atoms with van der Waals surface area (Å²) in [7, 11) is 0. The molecule has 11 nitrogen and oxygen atoms in total. The van der Waals surface area contributed by atoms with Gasteiger partial charge in [0.15, 0.2) is 19.0 Å². The fourth-order valence-corrected chi connectivity index (χ4v) is 6.71. The van der Waals surface area contributed by atoms with Crippen molar-refractivity contribution < 1.29 is 54.4 Å². The summed E-state index contributed by atoms with van der Waals surface area (Å²) in [5, 5.41) is 60.1. The Morgan fingerprint density at radius 1 is 1.02 bits per heavy atom. The lowest BCUT2D eigenvalue weighted by Crippen LogP contribution is -2.60. The normalized spacial score (nSPS) is 34.1. The first-order chi connectivity index (χ1) is 19.1. The van der Waals surface area contributed by atoms with Gasteiger partial charge in [-0.25, -0.2) is 9.59 Å². The molecule has 0 spiro atoms. The lowest BCUT2D eigenvalue weighted by atomic mass is 9.73. The molecule has 1 aliphatic heterocycles. The average Bonchev–Trinajstić information content (AvgIpc) is 3.22. The third-order valence-electron chi connectivity index (χ3n) is 8.79. The van der Waals surface area contributed by atoms with Gasteiger partial charge in [-0.05, 0) is 73.5 Å². The highest BCUT2D eigenvalue weighted by Crippen LogP contribution is 2.48. The Bertz CT molecular complexity index is 1020. The molecule has 3 aliphatic rings. The number of aliphatic hydroxyl groups is 4. The minimum atomic E-state index is -1.78. The molecule has 10 atom stereocenters. The van der Waals surface area contributed by atoms with E-state index in [4.69, 9.17) is 19.3 Å². The SMILES string of the molecule is CCCCC[C@@H](CC[C@@H]1[C@H]2Cc3cccc(OCC(=O)O)c3C[C@H]2C[C@H]1O)O[C@@H]1O[C@H](C(=O)O)[C@@H](O)[C@H](O)[C@H]1O. The Morgan fingerprint density at radius 2 is 1.80 bits per heavy atom. The minimum Gasteiger partial charge on any atom is -0.482 e. The molecule has 0 aromatic heterocycles. The predicted octanol–water partition coefficient (Wildman–Crippen LogP) is 1.50. The first kappa shape index (κ1) is 30.7. The number of fused-ring (bicyclic) bond motifs is 2. The summed E-state index contributed by atoms with van der Waals surface area (Å²) >= 11 is 0. The van der Waals surface area contributed by atoms with Crippen LogP contribution in [0.25, 0.3) is 0 Å². The lowest BCUT2D eigenvalue weighted by Gasteiger charge is -2.40. The Hall–Kier alpha value is -2.28. The molecular weight excluding hydrogens is 524 g/mol. The second-order valence-corrected chi connectivity index (χ2v) is 11.4. The Morgan fingerprint density at radius 3 is 2.50 bits per heavy atom. The maximum Gasteiger partial charge on any atom is 0.341 e. The van der Waals surface area contributed by atoms with Crippen LogP contribution in [0.3, 0.4) is 0 Å². The van der Waals surface area contributed by atoms with Crippen LogP contribution in [0.15, 0.2) is 18.2 Å². The van der Waals surface area contributed by atoms with Crippen molar-refractivity contribution in [3.63, 3.8) is 0 Å². The number of aliphatic carboxylic acids is 2. The Labute approximate surface area is 233 Å². The van der Waals surface area contributed by atoms with Gasteiger partial charge in [0.05, 0.1) is 12.2 Å². The highest BCUT2D eigenvalue weighted by molar-refractivity contribution is 5.73. The van der Waals surface area contributed by atoms with Crippen molar-refractivity contribution in [2.24, 2.45) is 17.8 Å². The number of hydrogen-bond donors (Lipinski definition) is 6. The van der Waals surface area contributed by atoms with E-state index < -0.39 is 61.5 Å². The molecule has 4 rings (SSSR count). The van der Waals surface area contributed by atoms with E-state index in [-0.39, 0.29) is 17.8 Å². The smallest absolute Gasteiger partial charge is 0.341 e. The number of rotatable bonds is 13. The standard InChI is InChI=1S/C29H42O11/c1-2-3-4-7-17(39-29-26(35)24(33)25(34)27(40-29)28(36)37)9-10-18-19-11-15-6-5-8-22(38-14-23(31)32)20(15)12-16(19)13-21(18)30/h5-6,8,16-19,21,24-27,29-30,33-35H,2-4,7,9-14H2,1H3,(H,31,32)(H,36,37)/t16-,17-,18+,19-,21+,24-,25-,26+,27-,29+/m0/s1. The second kappa shape index (κ2) is 13.6. The van der Waals surface area contributed by atoms with Gasteiger partial charge in [0.25, 0.3) is 0 Å². The minimum absolute atomic E-state index is 0.00963. The number of hydrogen-bond acceptors (Lipinski definition) is 9. The number of unbranched alkanes of at least 4 members (excludes halogenated alkanes) is 2. The third kappa shape index (κ3) is 6.95. The maximum atomic E-state index is 11.5. The van der Waals surface area contributed by atoms with Gasteiger partial charge in [-0.15, -0.1) is 0 Å². The van der Waals surface area contributed by atoms with Crippen LogP contribution in [0, 0.1) is 17.8 Å². The number of benzene rings is 1.